The van der Waals surface area contributed by atoms with Crippen LogP contribution in [0.15, 0.2) is 0 Å². The van der Waals surface area contributed by atoms with Gasteiger partial charge >= 0.3 is 0 Å². The van der Waals surface area contributed by atoms with Crippen molar-refractivity contribution in [1.29, 1.82) is 0 Å². The predicted molar refractivity (Wildman–Crippen MR) is 116 cm³/mol. The summed E-state index contributed by atoms with van der Waals surface area (Å²) < 4.78 is 1.56. The maximum absolute atomic E-state index is 2.58. The van der Waals surface area contributed by atoms with Crippen molar-refractivity contribution in [2.75, 3.05) is 0 Å². The number of hydrogen-bond acceptors (Lipinski definition) is 0. The summed E-state index contributed by atoms with van der Waals surface area (Å²) in [4.78, 5) is 0. The fourth-order valence-corrected chi connectivity index (χ4v) is 9.36. The number of halogens is 1. The van der Waals surface area contributed by atoms with Crippen LogP contribution >= 0.6 is 30.5 Å². The van der Waals surface area contributed by atoms with Crippen molar-refractivity contribution in [2.24, 2.45) is 0 Å². The van der Waals surface area contributed by atoms with Crippen molar-refractivity contribution in [2.45, 2.75) is 75.5 Å². The first-order valence-corrected chi connectivity index (χ1v) is 12.3. The molecule has 10 radical (unpaired) electrons. The van der Waals surface area contributed by atoms with E-state index in [4.69, 9.17) is 0 Å². The Morgan fingerprint density at radius 3 is 1.44 bits per heavy atom. The molecule has 3 heteroatoms. The molecule has 4 saturated carbocycles. The summed E-state index contributed by atoms with van der Waals surface area (Å²) in [6.07, 6.45) is 32.1. The summed E-state index contributed by atoms with van der Waals surface area (Å²) in [5, 5.41) is 0. The van der Waals surface area contributed by atoms with Crippen LogP contribution in [-0.2, 0) is 17.1 Å². The Labute approximate surface area is 183 Å². The minimum atomic E-state index is 0. The fraction of sp³-hybridized carbons (Fsp3) is 0.545. The molecule has 0 nitrogen and oxygen atoms in total. The second kappa shape index (κ2) is 13.0. The number of hydrogen-bond donors (Lipinski definition) is 0. The van der Waals surface area contributed by atoms with Crippen LogP contribution in [-0.4, -0.2) is 11.3 Å². The SMILES string of the molecule is I[C]1[CH][CH][CH][C]1P(C1CCCCC1)C1CCCCC1.[CH]1[CH][CH][CH][CH]1.[Fe]. The summed E-state index contributed by atoms with van der Waals surface area (Å²) in [6, 6.07) is 0. The molecule has 4 rings (SSSR count). The Balaban J connectivity index is 0.000000325. The summed E-state index contributed by atoms with van der Waals surface area (Å²) in [5.74, 6) is 0. The van der Waals surface area contributed by atoms with Crippen LogP contribution in [0, 0.1) is 61.0 Å². The van der Waals surface area contributed by atoms with Crippen LogP contribution in [0.4, 0.5) is 0 Å². The van der Waals surface area contributed by atoms with Crippen LogP contribution in [0.1, 0.15) is 64.2 Å². The van der Waals surface area contributed by atoms with Crippen LogP contribution in [0.2, 0.25) is 0 Å². The maximum Gasteiger partial charge on any atom is 0.0521 e. The summed E-state index contributed by atoms with van der Waals surface area (Å²) >= 11 is 2.58. The van der Waals surface area contributed by atoms with E-state index in [1.165, 1.54) is 64.2 Å². The molecule has 4 aliphatic carbocycles. The largest absolute Gasteiger partial charge is 0.0913 e. The molecular weight excluding hydrogens is 478 g/mol. The van der Waals surface area contributed by atoms with Gasteiger partial charge in [0.25, 0.3) is 0 Å². The van der Waals surface area contributed by atoms with Crippen LogP contribution in [0.3, 0.4) is 0 Å². The summed E-state index contributed by atoms with van der Waals surface area (Å²) in [7, 11) is 0.117. The van der Waals surface area contributed by atoms with Gasteiger partial charge in [-0.1, -0.05) is 69.0 Å². The van der Waals surface area contributed by atoms with Crippen molar-refractivity contribution in [3.05, 3.63) is 61.0 Å². The average molecular weight is 508 g/mol. The van der Waals surface area contributed by atoms with E-state index in [-0.39, 0.29) is 25.0 Å². The van der Waals surface area contributed by atoms with Gasteiger partial charge in [0, 0.05) is 22.7 Å². The van der Waals surface area contributed by atoms with Gasteiger partial charge in [0.05, 0.1) is 3.92 Å². The third kappa shape index (κ3) is 7.21. The van der Waals surface area contributed by atoms with Gasteiger partial charge in [-0.15, -0.1) is 0 Å². The topological polar surface area (TPSA) is 0 Å². The van der Waals surface area contributed by atoms with Gasteiger partial charge in [0.1, 0.15) is 0 Å². The van der Waals surface area contributed by atoms with Gasteiger partial charge < -0.3 is 0 Å². The van der Waals surface area contributed by atoms with Gasteiger partial charge in [-0.25, -0.2) is 0 Å². The van der Waals surface area contributed by atoms with Gasteiger partial charge in [0.15, 0.2) is 0 Å². The molecule has 0 spiro atoms. The predicted octanol–water partition coefficient (Wildman–Crippen LogP) is 7.28. The molecule has 0 aromatic carbocycles. The van der Waals surface area contributed by atoms with E-state index in [0.29, 0.717) is 0 Å². The Morgan fingerprint density at radius 2 is 1.08 bits per heavy atom. The van der Waals surface area contributed by atoms with Crippen LogP contribution in [0.25, 0.3) is 0 Å². The molecule has 4 fully saturated rings. The maximum atomic E-state index is 2.58. The monoisotopic (exact) mass is 508 g/mol. The average Bonchev–Trinajstić information content (AvgIpc) is 3.33. The molecule has 0 N–H and O–H groups in total. The second-order valence-electron chi connectivity index (χ2n) is 7.21. The third-order valence-electron chi connectivity index (χ3n) is 5.51. The summed E-state index contributed by atoms with van der Waals surface area (Å²) in [5.41, 5.74) is 3.85. The first-order chi connectivity index (χ1) is 11.9. The molecule has 0 aliphatic heterocycles. The molecule has 0 unspecified atom stereocenters. The number of rotatable bonds is 3. The van der Waals surface area contributed by atoms with Crippen molar-refractivity contribution < 1.29 is 17.1 Å². The Bertz CT molecular complexity index is 309. The van der Waals surface area contributed by atoms with Crippen molar-refractivity contribution in [3.63, 3.8) is 0 Å². The Kier molecular flexibility index (Phi) is 11.9. The van der Waals surface area contributed by atoms with E-state index >= 15 is 0 Å². The normalized spacial score (nSPS) is 27.1. The van der Waals surface area contributed by atoms with Crippen molar-refractivity contribution >= 4 is 30.5 Å². The van der Waals surface area contributed by atoms with Gasteiger partial charge in [-0.3, -0.25) is 0 Å². The zero-order valence-corrected chi connectivity index (χ0v) is 19.2. The molecule has 0 atom stereocenters. The third-order valence-corrected chi connectivity index (χ3v) is 10.4. The van der Waals surface area contributed by atoms with Gasteiger partial charge in [-0.05, 0) is 88.4 Å². The molecule has 4 aliphatic rings. The molecule has 0 aromatic heterocycles. The van der Waals surface area contributed by atoms with Gasteiger partial charge in [0.2, 0.25) is 0 Å². The quantitative estimate of drug-likeness (QED) is 0.214. The van der Waals surface area contributed by atoms with E-state index in [0.717, 1.165) is 11.3 Å². The minimum absolute atomic E-state index is 0. The second-order valence-corrected chi connectivity index (χ2v) is 11.1. The molecule has 0 bridgehead atoms. The Morgan fingerprint density at radius 1 is 0.640 bits per heavy atom. The van der Waals surface area contributed by atoms with E-state index in [9.17, 15) is 0 Å². The molecule has 0 heterocycles. The zero-order valence-electron chi connectivity index (χ0n) is 15.0. The van der Waals surface area contributed by atoms with E-state index in [1.54, 1.807) is 9.58 Å². The van der Waals surface area contributed by atoms with Crippen LogP contribution in [0.5, 0.6) is 0 Å². The van der Waals surface area contributed by atoms with E-state index in [1.807, 2.05) is 32.1 Å². The standard InChI is InChI=1S/C17H25IP.C5H5.Fe/c18-16-12-7-13-17(16)19(14-8-3-1-4-9-14)15-10-5-2-6-11-15;1-2-4-5-3-1;/h7,12-15H,1-6,8-11H2;1-5H;. The fourth-order valence-electron chi connectivity index (χ4n) is 4.33. The first kappa shape index (κ1) is 23.0. The zero-order chi connectivity index (χ0) is 16.6. The Hall–Kier alpha value is 1.68. The van der Waals surface area contributed by atoms with E-state index in [2.05, 4.69) is 41.9 Å². The smallest absolute Gasteiger partial charge is 0.0521 e. The molecule has 0 aromatic rings. The molecule has 0 saturated heterocycles. The molecule has 138 valence electrons. The molecule has 25 heavy (non-hydrogen) atoms. The van der Waals surface area contributed by atoms with Crippen LogP contribution < -0.4 is 0 Å². The van der Waals surface area contributed by atoms with Crippen molar-refractivity contribution in [3.8, 4) is 0 Å². The minimum Gasteiger partial charge on any atom is -0.0913 e. The summed E-state index contributed by atoms with van der Waals surface area (Å²) in [6.45, 7) is 0. The molecule has 0 amide bonds. The first-order valence-electron chi connectivity index (χ1n) is 9.72. The van der Waals surface area contributed by atoms with E-state index < -0.39 is 0 Å². The van der Waals surface area contributed by atoms with Crippen molar-refractivity contribution in [1.82, 2.24) is 0 Å². The van der Waals surface area contributed by atoms with Gasteiger partial charge in [-0.2, -0.15) is 0 Å². The molecular formula is C22H30FeIP.